The maximum absolute atomic E-state index is 13.2. The van der Waals surface area contributed by atoms with Crippen molar-refractivity contribution in [2.75, 3.05) is 5.73 Å². The summed E-state index contributed by atoms with van der Waals surface area (Å²) in [5, 5.41) is 0. The van der Waals surface area contributed by atoms with E-state index in [2.05, 4.69) is 4.72 Å². The quantitative estimate of drug-likeness (QED) is 0.843. The van der Waals surface area contributed by atoms with E-state index in [1.807, 2.05) is 0 Å². The molecule has 4 nitrogen and oxygen atoms in total. The summed E-state index contributed by atoms with van der Waals surface area (Å²) in [6.45, 7) is 1.68. The summed E-state index contributed by atoms with van der Waals surface area (Å²) >= 11 is 7.09. The molecule has 1 aromatic heterocycles. The Balaban J connectivity index is 2.27. The summed E-state index contributed by atoms with van der Waals surface area (Å²) in [4.78, 5) is 0.562. The number of anilines is 1. The number of sulfonamides is 1. The van der Waals surface area contributed by atoms with E-state index in [-0.39, 0.29) is 10.6 Å². The SMILES string of the molecule is CC(NS(=O)(=O)c1cc(N)cc(F)c1)c1ccc(Cl)s1. The van der Waals surface area contributed by atoms with Crippen LogP contribution in [0.15, 0.2) is 35.2 Å². The maximum atomic E-state index is 13.2. The van der Waals surface area contributed by atoms with Gasteiger partial charge < -0.3 is 5.73 Å². The van der Waals surface area contributed by atoms with Crippen LogP contribution in [0.2, 0.25) is 4.34 Å². The van der Waals surface area contributed by atoms with Crippen molar-refractivity contribution in [3.63, 3.8) is 0 Å². The molecule has 0 aliphatic heterocycles. The van der Waals surface area contributed by atoms with Gasteiger partial charge in [0.2, 0.25) is 10.0 Å². The van der Waals surface area contributed by atoms with Crippen molar-refractivity contribution < 1.29 is 12.8 Å². The number of nitrogens with one attached hydrogen (secondary N) is 1. The van der Waals surface area contributed by atoms with Crippen molar-refractivity contribution in [1.82, 2.24) is 4.72 Å². The molecule has 1 heterocycles. The first kappa shape index (κ1) is 15.2. The third-order valence-electron chi connectivity index (χ3n) is 2.56. The minimum Gasteiger partial charge on any atom is -0.399 e. The van der Waals surface area contributed by atoms with E-state index >= 15 is 0 Å². The molecule has 2 rings (SSSR count). The molecule has 1 unspecified atom stereocenters. The molecule has 2 aromatic rings. The number of nitrogen functional groups attached to an aromatic ring is 1. The van der Waals surface area contributed by atoms with Crippen LogP contribution in [-0.2, 0) is 10.0 Å². The fraction of sp³-hybridized carbons (Fsp3) is 0.167. The average molecular weight is 335 g/mol. The highest BCUT2D eigenvalue weighted by atomic mass is 35.5. The Morgan fingerprint density at radius 3 is 2.60 bits per heavy atom. The molecule has 20 heavy (non-hydrogen) atoms. The zero-order valence-electron chi connectivity index (χ0n) is 10.4. The number of hydrogen-bond acceptors (Lipinski definition) is 4. The molecular formula is C12H12ClFN2O2S2. The van der Waals surface area contributed by atoms with Crippen molar-refractivity contribution in [3.05, 3.63) is 45.4 Å². The predicted octanol–water partition coefficient (Wildman–Crippen LogP) is 3.16. The van der Waals surface area contributed by atoms with Gasteiger partial charge in [-0.05, 0) is 37.3 Å². The van der Waals surface area contributed by atoms with Crippen molar-refractivity contribution in [2.24, 2.45) is 0 Å². The Morgan fingerprint density at radius 2 is 2.05 bits per heavy atom. The lowest BCUT2D eigenvalue weighted by Gasteiger charge is -2.13. The van der Waals surface area contributed by atoms with E-state index in [9.17, 15) is 12.8 Å². The fourth-order valence-corrected chi connectivity index (χ4v) is 4.08. The first-order chi connectivity index (χ1) is 9.28. The molecule has 1 atom stereocenters. The molecule has 0 saturated carbocycles. The molecule has 3 N–H and O–H groups in total. The molecule has 0 aliphatic rings. The third kappa shape index (κ3) is 3.49. The number of rotatable bonds is 4. The maximum Gasteiger partial charge on any atom is 0.241 e. The van der Waals surface area contributed by atoms with E-state index < -0.39 is 21.9 Å². The Bertz CT molecular complexity index is 711. The molecular weight excluding hydrogens is 323 g/mol. The molecule has 0 fully saturated rings. The van der Waals surface area contributed by atoms with Gasteiger partial charge in [0.15, 0.2) is 0 Å². The lowest BCUT2D eigenvalue weighted by Crippen LogP contribution is -2.26. The molecule has 0 saturated heterocycles. The standard InChI is InChI=1S/C12H12ClFN2O2S2/c1-7(11-2-3-12(13)19-11)16-20(17,18)10-5-8(14)4-9(15)6-10/h2-7,16H,15H2,1H3. The smallest absolute Gasteiger partial charge is 0.241 e. The molecule has 0 spiro atoms. The van der Waals surface area contributed by atoms with Crippen molar-refractivity contribution in [2.45, 2.75) is 17.9 Å². The van der Waals surface area contributed by atoms with E-state index in [4.69, 9.17) is 17.3 Å². The van der Waals surface area contributed by atoms with Crippen molar-refractivity contribution >= 4 is 38.6 Å². The van der Waals surface area contributed by atoms with Gasteiger partial charge in [-0.2, -0.15) is 0 Å². The second-order valence-electron chi connectivity index (χ2n) is 4.21. The van der Waals surface area contributed by atoms with Gasteiger partial charge in [-0.15, -0.1) is 11.3 Å². The monoisotopic (exact) mass is 334 g/mol. The lowest BCUT2D eigenvalue weighted by molar-refractivity contribution is 0.565. The first-order valence-electron chi connectivity index (χ1n) is 5.61. The largest absolute Gasteiger partial charge is 0.399 e. The molecule has 0 bridgehead atoms. The van der Waals surface area contributed by atoms with Crippen molar-refractivity contribution in [3.8, 4) is 0 Å². The van der Waals surface area contributed by atoms with Gasteiger partial charge in [0.05, 0.1) is 15.3 Å². The minimum atomic E-state index is -3.85. The van der Waals surface area contributed by atoms with Crippen LogP contribution in [0.3, 0.4) is 0 Å². The summed E-state index contributed by atoms with van der Waals surface area (Å²) < 4.78 is 40.6. The third-order valence-corrected chi connectivity index (χ3v) is 5.49. The molecule has 0 amide bonds. The highest BCUT2D eigenvalue weighted by Gasteiger charge is 2.20. The summed E-state index contributed by atoms with van der Waals surface area (Å²) in [5.74, 6) is -0.697. The Labute approximate surface area is 125 Å². The van der Waals surface area contributed by atoms with Gasteiger partial charge in [0.1, 0.15) is 5.82 Å². The van der Waals surface area contributed by atoms with Crippen LogP contribution in [0.25, 0.3) is 0 Å². The molecule has 0 radical (unpaired) electrons. The average Bonchev–Trinajstić information content (AvgIpc) is 2.74. The highest BCUT2D eigenvalue weighted by Crippen LogP contribution is 2.28. The Hall–Kier alpha value is -1.15. The Morgan fingerprint density at radius 1 is 1.35 bits per heavy atom. The lowest BCUT2D eigenvalue weighted by atomic mass is 10.3. The van der Waals surface area contributed by atoms with Crippen LogP contribution in [0.1, 0.15) is 17.8 Å². The van der Waals surface area contributed by atoms with Crippen molar-refractivity contribution in [1.29, 1.82) is 0 Å². The van der Waals surface area contributed by atoms with Crippen LogP contribution in [0, 0.1) is 5.82 Å². The zero-order valence-corrected chi connectivity index (χ0v) is 12.8. The van der Waals surface area contributed by atoms with Gasteiger partial charge in [-0.25, -0.2) is 17.5 Å². The number of hydrogen-bond donors (Lipinski definition) is 2. The first-order valence-corrected chi connectivity index (χ1v) is 8.29. The summed E-state index contributed by atoms with van der Waals surface area (Å²) in [6, 6.07) is 6.14. The number of thiophene rings is 1. The predicted molar refractivity (Wildman–Crippen MR) is 78.9 cm³/mol. The molecule has 1 aromatic carbocycles. The topological polar surface area (TPSA) is 72.2 Å². The van der Waals surface area contributed by atoms with E-state index in [0.717, 1.165) is 17.0 Å². The number of benzene rings is 1. The second kappa shape index (κ2) is 5.69. The van der Waals surface area contributed by atoms with Gasteiger partial charge in [-0.1, -0.05) is 11.6 Å². The van der Waals surface area contributed by atoms with Crippen LogP contribution < -0.4 is 10.5 Å². The van der Waals surface area contributed by atoms with Crippen LogP contribution >= 0.6 is 22.9 Å². The van der Waals surface area contributed by atoms with Gasteiger partial charge in [-0.3, -0.25) is 0 Å². The van der Waals surface area contributed by atoms with Gasteiger partial charge >= 0.3 is 0 Å². The normalized spacial score (nSPS) is 13.3. The van der Waals surface area contributed by atoms with Gasteiger partial charge in [0, 0.05) is 10.6 Å². The van der Waals surface area contributed by atoms with Crippen LogP contribution in [0.4, 0.5) is 10.1 Å². The molecule has 8 heteroatoms. The molecule has 0 aliphatic carbocycles. The van der Waals surface area contributed by atoms with E-state index in [0.29, 0.717) is 4.34 Å². The fourth-order valence-electron chi connectivity index (χ4n) is 1.66. The zero-order chi connectivity index (χ0) is 14.9. The highest BCUT2D eigenvalue weighted by molar-refractivity contribution is 7.89. The summed E-state index contributed by atoms with van der Waals surface area (Å²) in [6.07, 6.45) is 0. The summed E-state index contributed by atoms with van der Waals surface area (Å²) in [5.41, 5.74) is 5.51. The summed E-state index contributed by atoms with van der Waals surface area (Å²) in [7, 11) is -3.85. The minimum absolute atomic E-state index is 0.0530. The molecule has 108 valence electrons. The van der Waals surface area contributed by atoms with E-state index in [1.165, 1.54) is 17.4 Å². The van der Waals surface area contributed by atoms with E-state index in [1.54, 1.807) is 19.1 Å². The van der Waals surface area contributed by atoms with Crippen LogP contribution in [-0.4, -0.2) is 8.42 Å². The van der Waals surface area contributed by atoms with Gasteiger partial charge in [0.25, 0.3) is 0 Å². The second-order valence-corrected chi connectivity index (χ2v) is 7.67. The number of halogens is 2. The number of nitrogens with two attached hydrogens (primary N) is 1. The Kier molecular flexibility index (Phi) is 4.33. The van der Waals surface area contributed by atoms with Crippen LogP contribution in [0.5, 0.6) is 0 Å².